The first kappa shape index (κ1) is 9.97. The maximum Gasteiger partial charge on any atom is 0.124 e. The average Bonchev–Trinajstić information content (AvgIpc) is 2.16. The minimum atomic E-state index is 0.591. The predicted octanol–water partition coefficient (Wildman–Crippen LogP) is 2.95. The van der Waals surface area contributed by atoms with Gasteiger partial charge in [-0.1, -0.05) is 25.2 Å². The molecule has 78 valence electrons. The number of nitrogen functional groups attached to an aromatic ring is 1. The van der Waals surface area contributed by atoms with Crippen LogP contribution in [0.5, 0.6) is 0 Å². The minimum absolute atomic E-state index is 0.591. The summed E-state index contributed by atoms with van der Waals surface area (Å²) in [6.45, 7) is 4.25. The predicted molar refractivity (Wildman–Crippen MR) is 64.3 cm³/mol. The second kappa shape index (κ2) is 3.89. The van der Waals surface area contributed by atoms with Gasteiger partial charge < -0.3 is 5.73 Å². The molecule has 0 spiro atoms. The molecule has 1 atom stereocenters. The number of allylic oxidation sites excluding steroid dienone is 4. The van der Waals surface area contributed by atoms with Crippen molar-refractivity contribution in [3.8, 4) is 0 Å². The molecular formula is C13H16N2. The number of rotatable bonds is 1. The van der Waals surface area contributed by atoms with E-state index in [-0.39, 0.29) is 0 Å². The van der Waals surface area contributed by atoms with Crippen LogP contribution >= 0.6 is 0 Å². The number of anilines is 1. The molecule has 0 saturated carbocycles. The first-order chi connectivity index (χ1) is 7.15. The Morgan fingerprint density at radius 1 is 1.40 bits per heavy atom. The number of nitrogens with two attached hydrogens (primary N) is 1. The van der Waals surface area contributed by atoms with Gasteiger partial charge in [0, 0.05) is 0 Å². The highest BCUT2D eigenvalue weighted by molar-refractivity contribution is 5.73. The summed E-state index contributed by atoms with van der Waals surface area (Å²) in [6, 6.07) is 3.96. The summed E-state index contributed by atoms with van der Waals surface area (Å²) in [5.41, 5.74) is 9.06. The van der Waals surface area contributed by atoms with Crippen molar-refractivity contribution in [2.45, 2.75) is 20.3 Å². The first-order valence-corrected chi connectivity index (χ1v) is 5.28. The molecule has 1 heterocycles. The van der Waals surface area contributed by atoms with Gasteiger partial charge in [-0.25, -0.2) is 4.98 Å². The van der Waals surface area contributed by atoms with Crippen LogP contribution in [0.4, 0.5) is 5.82 Å². The van der Waals surface area contributed by atoms with Gasteiger partial charge >= 0.3 is 0 Å². The lowest BCUT2D eigenvalue weighted by atomic mass is 9.95. The molecule has 1 aliphatic carbocycles. The zero-order chi connectivity index (χ0) is 10.8. The summed E-state index contributed by atoms with van der Waals surface area (Å²) in [7, 11) is 0. The molecule has 0 aliphatic heterocycles. The molecule has 15 heavy (non-hydrogen) atoms. The lowest BCUT2D eigenvalue weighted by Crippen LogP contribution is -1.99. The van der Waals surface area contributed by atoms with Gasteiger partial charge in [-0.3, -0.25) is 0 Å². The smallest absolute Gasteiger partial charge is 0.124 e. The van der Waals surface area contributed by atoms with Crippen LogP contribution in [0.1, 0.15) is 24.6 Å². The van der Waals surface area contributed by atoms with Crippen LogP contribution < -0.4 is 5.73 Å². The van der Waals surface area contributed by atoms with Gasteiger partial charge in [-0.05, 0) is 42.5 Å². The number of nitrogens with zero attached hydrogens (tertiary/aromatic N) is 1. The second-order valence-electron chi connectivity index (χ2n) is 4.19. The van der Waals surface area contributed by atoms with Gasteiger partial charge in [0.2, 0.25) is 0 Å². The van der Waals surface area contributed by atoms with E-state index in [2.05, 4.69) is 36.2 Å². The van der Waals surface area contributed by atoms with Crippen molar-refractivity contribution < 1.29 is 0 Å². The largest absolute Gasteiger partial charge is 0.384 e. The highest BCUT2D eigenvalue weighted by Gasteiger charge is 2.08. The maximum atomic E-state index is 5.74. The van der Waals surface area contributed by atoms with Gasteiger partial charge in [0.25, 0.3) is 0 Å². The van der Waals surface area contributed by atoms with Gasteiger partial charge in [-0.2, -0.15) is 0 Å². The molecule has 2 rings (SSSR count). The van der Waals surface area contributed by atoms with E-state index in [1.54, 1.807) is 0 Å². The fourth-order valence-electron chi connectivity index (χ4n) is 1.85. The van der Waals surface area contributed by atoms with Gasteiger partial charge in [0.1, 0.15) is 5.82 Å². The molecule has 2 N–H and O–H groups in total. The van der Waals surface area contributed by atoms with Crippen LogP contribution in [0.15, 0.2) is 30.4 Å². The van der Waals surface area contributed by atoms with Crippen molar-refractivity contribution in [3.05, 3.63) is 41.6 Å². The lowest BCUT2D eigenvalue weighted by Gasteiger charge is -2.12. The van der Waals surface area contributed by atoms with Crippen molar-refractivity contribution in [3.63, 3.8) is 0 Å². The second-order valence-corrected chi connectivity index (χ2v) is 4.19. The minimum Gasteiger partial charge on any atom is -0.384 e. The highest BCUT2D eigenvalue weighted by atomic mass is 14.8. The molecule has 0 aromatic carbocycles. The van der Waals surface area contributed by atoms with Crippen molar-refractivity contribution in [1.29, 1.82) is 0 Å². The third-order valence-electron chi connectivity index (χ3n) is 2.55. The van der Waals surface area contributed by atoms with Gasteiger partial charge in [0.15, 0.2) is 0 Å². The van der Waals surface area contributed by atoms with E-state index in [4.69, 9.17) is 5.73 Å². The van der Waals surface area contributed by atoms with E-state index in [0.29, 0.717) is 11.7 Å². The standard InChI is InChI=1S/C13H16N2/c1-9-4-3-5-11(6-9)12-7-10(2)8-13(14)15-12/h3,5-9H,4H2,1-2H3,(H2,14,15). The monoisotopic (exact) mass is 200 g/mol. The summed E-state index contributed by atoms with van der Waals surface area (Å²) < 4.78 is 0. The fraction of sp³-hybridized carbons (Fsp3) is 0.308. The van der Waals surface area contributed by atoms with E-state index >= 15 is 0 Å². The topological polar surface area (TPSA) is 38.9 Å². The zero-order valence-electron chi connectivity index (χ0n) is 9.20. The molecule has 0 amide bonds. The van der Waals surface area contributed by atoms with E-state index in [1.165, 1.54) is 5.57 Å². The Balaban J connectivity index is 2.41. The molecular weight excluding hydrogens is 184 g/mol. The van der Waals surface area contributed by atoms with E-state index < -0.39 is 0 Å². The molecule has 0 fully saturated rings. The van der Waals surface area contributed by atoms with Crippen molar-refractivity contribution in [2.24, 2.45) is 5.92 Å². The van der Waals surface area contributed by atoms with E-state index in [1.807, 2.05) is 13.0 Å². The summed E-state index contributed by atoms with van der Waals surface area (Å²) in [4.78, 5) is 4.35. The van der Waals surface area contributed by atoms with Crippen LogP contribution in [-0.4, -0.2) is 4.98 Å². The van der Waals surface area contributed by atoms with Gasteiger partial charge in [-0.15, -0.1) is 0 Å². The van der Waals surface area contributed by atoms with Crippen LogP contribution in [0.3, 0.4) is 0 Å². The molecule has 1 aromatic heterocycles. The van der Waals surface area contributed by atoms with E-state index in [0.717, 1.165) is 17.7 Å². The third kappa shape index (κ3) is 2.27. The molecule has 0 radical (unpaired) electrons. The summed E-state index contributed by atoms with van der Waals surface area (Å²) in [5.74, 6) is 1.19. The van der Waals surface area contributed by atoms with Crippen LogP contribution in [-0.2, 0) is 0 Å². The van der Waals surface area contributed by atoms with Crippen LogP contribution in [0.2, 0.25) is 0 Å². The molecule has 2 heteroatoms. The Hall–Kier alpha value is -1.57. The number of aryl methyl sites for hydroxylation is 1. The van der Waals surface area contributed by atoms with Crippen LogP contribution in [0.25, 0.3) is 5.57 Å². The lowest BCUT2D eigenvalue weighted by molar-refractivity contribution is 0.739. The molecule has 1 aromatic rings. The molecule has 0 saturated heterocycles. The Morgan fingerprint density at radius 2 is 2.20 bits per heavy atom. The number of aromatic nitrogens is 1. The quantitative estimate of drug-likeness (QED) is 0.757. The number of hydrogen-bond acceptors (Lipinski definition) is 2. The first-order valence-electron chi connectivity index (χ1n) is 5.28. The Labute approximate surface area is 90.5 Å². The number of hydrogen-bond donors (Lipinski definition) is 1. The SMILES string of the molecule is Cc1cc(N)nc(C2=CC(C)CC=C2)c1. The molecule has 2 nitrogen and oxygen atoms in total. The maximum absolute atomic E-state index is 5.74. The Kier molecular flexibility index (Phi) is 2.58. The normalized spacial score (nSPS) is 20.1. The van der Waals surface area contributed by atoms with Gasteiger partial charge in [0.05, 0.1) is 5.69 Å². The van der Waals surface area contributed by atoms with E-state index in [9.17, 15) is 0 Å². The summed E-state index contributed by atoms with van der Waals surface area (Å²) in [5, 5.41) is 0. The summed E-state index contributed by atoms with van der Waals surface area (Å²) >= 11 is 0. The summed E-state index contributed by atoms with van der Waals surface area (Å²) in [6.07, 6.45) is 7.69. The van der Waals surface area contributed by atoms with Crippen molar-refractivity contribution in [1.82, 2.24) is 4.98 Å². The molecule has 0 bridgehead atoms. The molecule has 1 unspecified atom stereocenters. The Morgan fingerprint density at radius 3 is 2.87 bits per heavy atom. The van der Waals surface area contributed by atoms with Crippen molar-refractivity contribution >= 4 is 11.4 Å². The van der Waals surface area contributed by atoms with Crippen molar-refractivity contribution in [2.75, 3.05) is 5.73 Å². The van der Waals surface area contributed by atoms with Crippen LogP contribution in [0, 0.1) is 12.8 Å². The Bertz CT molecular complexity index is 410. The zero-order valence-corrected chi connectivity index (χ0v) is 9.20. The fourth-order valence-corrected chi connectivity index (χ4v) is 1.85. The average molecular weight is 200 g/mol. The number of pyridine rings is 1. The molecule has 1 aliphatic rings. The third-order valence-corrected chi connectivity index (χ3v) is 2.55. The highest BCUT2D eigenvalue weighted by Crippen LogP contribution is 2.24.